The lowest BCUT2D eigenvalue weighted by molar-refractivity contribution is 0.302. The molecule has 1 aromatic heterocycles. The van der Waals surface area contributed by atoms with E-state index in [2.05, 4.69) is 23.8 Å². The molecule has 1 N–H and O–H groups in total. The monoisotopic (exact) mass is 316 g/mol. The zero-order valence-electron chi connectivity index (χ0n) is 14.2. The van der Waals surface area contributed by atoms with E-state index in [4.69, 9.17) is 9.84 Å². The Morgan fingerprint density at radius 3 is 2.26 bits per heavy atom. The van der Waals surface area contributed by atoms with Crippen LogP contribution < -0.4 is 4.74 Å². The van der Waals surface area contributed by atoms with Crippen molar-refractivity contribution in [2.75, 3.05) is 6.61 Å². The Kier molecular flexibility index (Phi) is 10.3. The summed E-state index contributed by atoms with van der Waals surface area (Å²) in [5.74, 6) is 1.98. The van der Waals surface area contributed by atoms with Crippen LogP contribution in [0.2, 0.25) is 0 Å². The minimum Gasteiger partial charge on any atom is -0.508 e. The Morgan fingerprint density at radius 1 is 1.04 bits per heavy atom. The molecule has 4 heteroatoms. The quantitative estimate of drug-likeness (QED) is 0.707. The van der Waals surface area contributed by atoms with Gasteiger partial charge in [0.25, 0.3) is 0 Å². The van der Waals surface area contributed by atoms with Gasteiger partial charge in [0, 0.05) is 12.4 Å². The Morgan fingerprint density at radius 2 is 1.74 bits per heavy atom. The Balaban J connectivity index is 0.000000366. The summed E-state index contributed by atoms with van der Waals surface area (Å²) >= 11 is 0. The van der Waals surface area contributed by atoms with Crippen molar-refractivity contribution in [1.29, 1.82) is 0 Å². The second-order valence-corrected chi connectivity index (χ2v) is 5.61. The van der Waals surface area contributed by atoms with Gasteiger partial charge in [-0.2, -0.15) is 0 Å². The normalized spacial score (nSPS) is 11.2. The lowest BCUT2D eigenvalue weighted by Crippen LogP contribution is -1.98. The molecule has 0 spiro atoms. The van der Waals surface area contributed by atoms with E-state index in [1.807, 2.05) is 0 Å². The van der Waals surface area contributed by atoms with E-state index < -0.39 is 0 Å². The number of hydrogen-bond donors (Lipinski definition) is 1. The summed E-state index contributed by atoms with van der Waals surface area (Å²) in [4.78, 5) is 7.35. The molecule has 0 aliphatic rings. The largest absolute Gasteiger partial charge is 0.508 e. The molecule has 0 aliphatic carbocycles. The van der Waals surface area contributed by atoms with Gasteiger partial charge in [-0.3, -0.25) is 0 Å². The van der Waals surface area contributed by atoms with Gasteiger partial charge in [0.05, 0.1) is 6.61 Å². The van der Waals surface area contributed by atoms with E-state index in [-0.39, 0.29) is 5.75 Å². The summed E-state index contributed by atoms with van der Waals surface area (Å²) in [7, 11) is 0. The van der Waals surface area contributed by atoms with Crippen molar-refractivity contribution in [1.82, 2.24) is 9.97 Å². The van der Waals surface area contributed by atoms with Gasteiger partial charge in [-0.15, -0.1) is 0 Å². The maximum Gasteiger partial charge on any atom is 0.119 e. The van der Waals surface area contributed by atoms with Crippen LogP contribution in [0.5, 0.6) is 11.5 Å². The Bertz CT molecular complexity index is 462. The van der Waals surface area contributed by atoms with Crippen LogP contribution in [0.15, 0.2) is 49.1 Å². The summed E-state index contributed by atoms with van der Waals surface area (Å²) in [5.41, 5.74) is 0. The molecule has 126 valence electrons. The molecule has 4 nitrogen and oxygen atoms in total. The lowest BCUT2D eigenvalue weighted by Gasteiger charge is -2.08. The topological polar surface area (TPSA) is 55.2 Å². The predicted octanol–water partition coefficient (Wildman–Crippen LogP) is 4.85. The van der Waals surface area contributed by atoms with Crippen LogP contribution in [-0.2, 0) is 0 Å². The first-order valence-electron chi connectivity index (χ1n) is 8.34. The third kappa shape index (κ3) is 10.3. The van der Waals surface area contributed by atoms with Crippen molar-refractivity contribution >= 4 is 0 Å². The summed E-state index contributed by atoms with van der Waals surface area (Å²) in [6.07, 6.45) is 11.1. The predicted molar refractivity (Wildman–Crippen MR) is 93.6 cm³/mol. The van der Waals surface area contributed by atoms with E-state index in [1.165, 1.54) is 32.0 Å². The molecule has 0 amide bonds. The molecule has 1 unspecified atom stereocenters. The highest BCUT2D eigenvalue weighted by Crippen LogP contribution is 2.17. The minimum absolute atomic E-state index is 0.283. The van der Waals surface area contributed by atoms with Crippen molar-refractivity contribution in [3.63, 3.8) is 0 Å². The summed E-state index contributed by atoms with van der Waals surface area (Å²) in [6.45, 7) is 5.33. The van der Waals surface area contributed by atoms with E-state index in [0.29, 0.717) is 0 Å². The van der Waals surface area contributed by atoms with Crippen molar-refractivity contribution in [3.8, 4) is 11.5 Å². The van der Waals surface area contributed by atoms with Gasteiger partial charge in [-0.25, -0.2) is 9.97 Å². The van der Waals surface area contributed by atoms with Gasteiger partial charge in [0.1, 0.15) is 17.8 Å². The molecule has 0 saturated carbocycles. The van der Waals surface area contributed by atoms with Crippen LogP contribution in [-0.4, -0.2) is 21.7 Å². The van der Waals surface area contributed by atoms with Crippen LogP contribution in [0, 0.1) is 5.92 Å². The maximum absolute atomic E-state index is 9.12. The van der Waals surface area contributed by atoms with Gasteiger partial charge in [0.15, 0.2) is 0 Å². The number of aromatic hydroxyl groups is 1. The van der Waals surface area contributed by atoms with Gasteiger partial charge in [0.2, 0.25) is 0 Å². The maximum atomic E-state index is 9.12. The van der Waals surface area contributed by atoms with Crippen molar-refractivity contribution in [3.05, 3.63) is 49.1 Å². The van der Waals surface area contributed by atoms with Crippen molar-refractivity contribution in [2.24, 2.45) is 5.92 Å². The van der Waals surface area contributed by atoms with Crippen LogP contribution in [0.4, 0.5) is 0 Å². The third-order valence-electron chi connectivity index (χ3n) is 3.62. The number of unbranched alkanes of at least 4 members (excludes halogenated alkanes) is 2. The molecule has 0 fully saturated rings. The second-order valence-electron chi connectivity index (χ2n) is 5.61. The highest BCUT2D eigenvalue weighted by Gasteiger charge is 1.98. The number of rotatable bonds is 8. The number of nitrogens with zero attached hydrogens (tertiary/aromatic N) is 2. The Labute approximate surface area is 139 Å². The average Bonchev–Trinajstić information content (AvgIpc) is 2.61. The van der Waals surface area contributed by atoms with Gasteiger partial charge in [-0.05, 0) is 42.7 Å². The molecular weight excluding hydrogens is 288 g/mol. The SMILES string of the molecule is CCC(C)CCCCCOc1ccc(O)cc1.c1cncnc1. The molecular formula is C19H28N2O2. The zero-order valence-corrected chi connectivity index (χ0v) is 14.2. The number of phenols is 1. The van der Waals surface area contributed by atoms with Gasteiger partial charge < -0.3 is 9.84 Å². The number of hydrogen-bond acceptors (Lipinski definition) is 4. The molecule has 1 atom stereocenters. The first kappa shape index (κ1) is 18.9. The molecule has 0 aliphatic heterocycles. The van der Waals surface area contributed by atoms with Crippen LogP contribution in [0.1, 0.15) is 46.0 Å². The summed E-state index contributed by atoms with van der Waals surface area (Å²) in [6, 6.07) is 8.68. The van der Waals surface area contributed by atoms with E-state index in [1.54, 1.807) is 42.7 Å². The first-order chi connectivity index (χ1) is 11.2. The van der Waals surface area contributed by atoms with Gasteiger partial charge >= 0.3 is 0 Å². The number of phenolic OH excluding ortho intramolecular Hbond substituents is 1. The minimum atomic E-state index is 0.283. The number of ether oxygens (including phenoxy) is 1. The fraction of sp³-hybridized carbons (Fsp3) is 0.474. The first-order valence-corrected chi connectivity index (χ1v) is 8.34. The van der Waals surface area contributed by atoms with Crippen LogP contribution in [0.3, 0.4) is 0 Å². The highest BCUT2D eigenvalue weighted by atomic mass is 16.5. The number of aromatic nitrogens is 2. The standard InChI is InChI=1S/C15H24O2.C4H4N2/c1-3-13(2)7-5-4-6-12-17-15-10-8-14(16)9-11-15;1-2-5-4-6-3-1/h8-11,13,16H,3-7,12H2,1-2H3;1-4H. The molecule has 1 heterocycles. The Hall–Kier alpha value is -2.10. The fourth-order valence-corrected chi connectivity index (χ4v) is 1.96. The van der Waals surface area contributed by atoms with E-state index >= 15 is 0 Å². The second kappa shape index (κ2) is 12.4. The smallest absolute Gasteiger partial charge is 0.119 e. The zero-order chi connectivity index (χ0) is 16.8. The molecule has 0 bridgehead atoms. The van der Waals surface area contributed by atoms with Gasteiger partial charge in [-0.1, -0.05) is 39.5 Å². The third-order valence-corrected chi connectivity index (χ3v) is 3.62. The van der Waals surface area contributed by atoms with Crippen LogP contribution >= 0.6 is 0 Å². The van der Waals surface area contributed by atoms with E-state index in [0.717, 1.165) is 24.7 Å². The number of benzene rings is 1. The molecule has 0 radical (unpaired) electrons. The van der Waals surface area contributed by atoms with Crippen molar-refractivity contribution < 1.29 is 9.84 Å². The summed E-state index contributed by atoms with van der Waals surface area (Å²) in [5, 5.41) is 9.12. The van der Waals surface area contributed by atoms with Crippen molar-refractivity contribution in [2.45, 2.75) is 46.0 Å². The molecule has 2 rings (SSSR count). The lowest BCUT2D eigenvalue weighted by atomic mass is 10.0. The molecule has 2 aromatic rings. The fourth-order valence-electron chi connectivity index (χ4n) is 1.96. The summed E-state index contributed by atoms with van der Waals surface area (Å²) < 4.78 is 5.58. The molecule has 1 aromatic carbocycles. The average molecular weight is 316 g/mol. The van der Waals surface area contributed by atoms with E-state index in [9.17, 15) is 0 Å². The highest BCUT2D eigenvalue weighted by molar-refractivity contribution is 5.29. The van der Waals surface area contributed by atoms with Crippen LogP contribution in [0.25, 0.3) is 0 Å². The molecule has 23 heavy (non-hydrogen) atoms. The molecule has 0 saturated heterocycles.